The van der Waals surface area contributed by atoms with Crippen LogP contribution in [0.5, 0.6) is 0 Å². The number of nitrogens with zero attached hydrogens (tertiary/aromatic N) is 1. The summed E-state index contributed by atoms with van der Waals surface area (Å²) in [5, 5.41) is 0. The van der Waals surface area contributed by atoms with Gasteiger partial charge in [0.05, 0.1) is 0 Å². The predicted molar refractivity (Wildman–Crippen MR) is 56.4 cm³/mol. The molecule has 0 atom stereocenters. The Balaban J connectivity index is 2.73. The van der Waals surface area contributed by atoms with Crippen LogP contribution in [0.4, 0.5) is 0 Å². The molecule has 1 aromatic rings. The van der Waals surface area contributed by atoms with Gasteiger partial charge in [0.25, 0.3) is 0 Å². The van der Waals surface area contributed by atoms with Crippen LogP contribution in [-0.2, 0) is 6.54 Å². The van der Waals surface area contributed by atoms with Gasteiger partial charge in [0.1, 0.15) is 0 Å². The normalized spacial score (nSPS) is 10.8. The molecule has 1 rings (SSSR count). The zero-order valence-corrected chi connectivity index (χ0v) is 8.67. The average Bonchev–Trinajstić information content (AvgIpc) is 2.11. The number of benzene rings is 1. The van der Waals surface area contributed by atoms with Gasteiger partial charge >= 0.3 is 0 Å². The lowest BCUT2D eigenvalue weighted by Gasteiger charge is -2.14. The summed E-state index contributed by atoms with van der Waals surface area (Å²) in [4.78, 5) is 2.09. The Morgan fingerprint density at radius 2 is 1.92 bits per heavy atom. The minimum absolute atomic E-state index is 0.604. The molecule has 0 aromatic heterocycles. The highest BCUT2D eigenvalue weighted by Gasteiger charge is 1.99. The van der Waals surface area contributed by atoms with Gasteiger partial charge in [-0.25, -0.2) is 0 Å². The lowest BCUT2D eigenvalue weighted by Crippen LogP contribution is -2.24. The first kappa shape index (κ1) is 10.2. The summed E-state index contributed by atoms with van der Waals surface area (Å²) in [7, 11) is 2.02. The molecule has 72 valence electrons. The minimum atomic E-state index is 0.604. The summed E-state index contributed by atoms with van der Waals surface area (Å²) in [6, 6.07) is 6.55. The Morgan fingerprint density at radius 1 is 1.23 bits per heavy atom. The van der Waals surface area contributed by atoms with Crippen molar-refractivity contribution in [1.29, 1.82) is 0 Å². The van der Waals surface area contributed by atoms with Crippen LogP contribution in [0.15, 0.2) is 18.2 Å². The Kier molecular flexibility index (Phi) is 3.46. The van der Waals surface area contributed by atoms with Crippen molar-refractivity contribution in [3.63, 3.8) is 0 Å². The number of rotatable bonds is 3. The molecule has 0 fully saturated rings. The molecule has 2 heteroatoms. The molecule has 0 heterocycles. The molecule has 0 bridgehead atoms. The fraction of sp³-hybridized carbons (Fsp3) is 0.455. The van der Waals surface area contributed by atoms with Crippen molar-refractivity contribution in [2.45, 2.75) is 20.4 Å². The van der Waals surface area contributed by atoms with Crippen molar-refractivity contribution in [3.05, 3.63) is 34.9 Å². The Morgan fingerprint density at radius 3 is 2.46 bits per heavy atom. The van der Waals surface area contributed by atoms with Gasteiger partial charge in [-0.15, -0.1) is 0 Å². The summed E-state index contributed by atoms with van der Waals surface area (Å²) in [5.41, 5.74) is 9.54. The van der Waals surface area contributed by atoms with E-state index in [0.717, 1.165) is 6.54 Å². The molecule has 0 aliphatic carbocycles. The molecule has 0 amide bonds. The van der Waals surface area contributed by atoms with E-state index < -0.39 is 0 Å². The number of nitrogens with two attached hydrogens (primary N) is 1. The van der Waals surface area contributed by atoms with Gasteiger partial charge in [0.2, 0.25) is 0 Å². The van der Waals surface area contributed by atoms with E-state index in [-0.39, 0.29) is 0 Å². The lowest BCUT2D eigenvalue weighted by molar-refractivity contribution is 0.337. The highest BCUT2D eigenvalue weighted by Crippen LogP contribution is 2.10. The van der Waals surface area contributed by atoms with Crippen LogP contribution in [0, 0.1) is 13.8 Å². The topological polar surface area (TPSA) is 29.3 Å². The van der Waals surface area contributed by atoms with Gasteiger partial charge in [0.15, 0.2) is 0 Å². The van der Waals surface area contributed by atoms with Crippen LogP contribution in [0.2, 0.25) is 0 Å². The first-order valence-electron chi connectivity index (χ1n) is 4.58. The summed E-state index contributed by atoms with van der Waals surface area (Å²) in [6.45, 7) is 5.80. The second-order valence-corrected chi connectivity index (χ2v) is 3.62. The number of hydrogen-bond donors (Lipinski definition) is 1. The predicted octanol–water partition coefficient (Wildman–Crippen LogP) is 1.65. The molecule has 0 saturated carbocycles. The third kappa shape index (κ3) is 2.83. The van der Waals surface area contributed by atoms with Gasteiger partial charge in [0, 0.05) is 13.2 Å². The van der Waals surface area contributed by atoms with E-state index in [4.69, 9.17) is 5.73 Å². The van der Waals surface area contributed by atoms with Gasteiger partial charge < -0.3 is 5.73 Å². The monoisotopic (exact) mass is 178 g/mol. The fourth-order valence-corrected chi connectivity index (χ4v) is 1.28. The Labute approximate surface area is 80.4 Å². The van der Waals surface area contributed by atoms with Crippen LogP contribution in [0.25, 0.3) is 0 Å². The van der Waals surface area contributed by atoms with E-state index in [1.54, 1.807) is 0 Å². The molecule has 0 radical (unpaired) electrons. The van der Waals surface area contributed by atoms with E-state index in [0.29, 0.717) is 6.67 Å². The van der Waals surface area contributed by atoms with Gasteiger partial charge in [-0.3, -0.25) is 4.90 Å². The van der Waals surface area contributed by atoms with Crippen LogP contribution in [0.3, 0.4) is 0 Å². The smallest absolute Gasteiger partial charge is 0.0455 e. The molecule has 0 saturated heterocycles. The van der Waals surface area contributed by atoms with E-state index in [9.17, 15) is 0 Å². The summed E-state index contributed by atoms with van der Waals surface area (Å²) < 4.78 is 0. The zero-order valence-electron chi connectivity index (χ0n) is 8.67. The summed E-state index contributed by atoms with van der Waals surface area (Å²) in [6.07, 6.45) is 0. The summed E-state index contributed by atoms with van der Waals surface area (Å²) in [5.74, 6) is 0. The second kappa shape index (κ2) is 4.40. The van der Waals surface area contributed by atoms with Crippen molar-refractivity contribution >= 4 is 0 Å². The number of aryl methyl sites for hydroxylation is 2. The Bertz CT molecular complexity index is 281. The quantitative estimate of drug-likeness (QED) is 0.713. The SMILES string of the molecule is Cc1ccc(CN(C)CN)cc1C. The maximum atomic E-state index is 5.51. The Hall–Kier alpha value is -0.860. The van der Waals surface area contributed by atoms with E-state index in [1.807, 2.05) is 7.05 Å². The molecule has 1 aromatic carbocycles. The highest BCUT2D eigenvalue weighted by atomic mass is 15.1. The second-order valence-electron chi connectivity index (χ2n) is 3.62. The van der Waals surface area contributed by atoms with Gasteiger partial charge in [-0.2, -0.15) is 0 Å². The van der Waals surface area contributed by atoms with E-state index in [1.165, 1.54) is 16.7 Å². The van der Waals surface area contributed by atoms with E-state index in [2.05, 4.69) is 36.9 Å². The standard InChI is InChI=1S/C11H18N2/c1-9-4-5-11(6-10(9)2)7-13(3)8-12/h4-6H,7-8,12H2,1-3H3. The highest BCUT2D eigenvalue weighted by molar-refractivity contribution is 5.29. The van der Waals surface area contributed by atoms with Gasteiger partial charge in [-0.05, 0) is 37.6 Å². The molecular weight excluding hydrogens is 160 g/mol. The minimum Gasteiger partial charge on any atom is -0.318 e. The molecule has 0 spiro atoms. The first-order chi connectivity index (χ1) is 6.13. The van der Waals surface area contributed by atoms with Crippen molar-refractivity contribution in [2.75, 3.05) is 13.7 Å². The van der Waals surface area contributed by atoms with Gasteiger partial charge in [-0.1, -0.05) is 18.2 Å². The number of hydrogen-bond acceptors (Lipinski definition) is 2. The average molecular weight is 178 g/mol. The summed E-state index contributed by atoms with van der Waals surface area (Å²) >= 11 is 0. The van der Waals surface area contributed by atoms with Crippen LogP contribution < -0.4 is 5.73 Å². The van der Waals surface area contributed by atoms with Crippen molar-refractivity contribution in [2.24, 2.45) is 5.73 Å². The third-order valence-electron chi connectivity index (χ3n) is 2.34. The van der Waals surface area contributed by atoms with Crippen LogP contribution >= 0.6 is 0 Å². The maximum absolute atomic E-state index is 5.51. The fourth-order valence-electron chi connectivity index (χ4n) is 1.28. The molecule has 0 unspecified atom stereocenters. The largest absolute Gasteiger partial charge is 0.318 e. The first-order valence-corrected chi connectivity index (χ1v) is 4.58. The van der Waals surface area contributed by atoms with Crippen molar-refractivity contribution in [1.82, 2.24) is 4.90 Å². The lowest BCUT2D eigenvalue weighted by atomic mass is 10.1. The molecular formula is C11H18N2. The van der Waals surface area contributed by atoms with Crippen LogP contribution in [-0.4, -0.2) is 18.6 Å². The molecule has 2 N–H and O–H groups in total. The molecule has 2 nitrogen and oxygen atoms in total. The zero-order chi connectivity index (χ0) is 9.84. The molecule has 0 aliphatic rings. The third-order valence-corrected chi connectivity index (χ3v) is 2.34. The van der Waals surface area contributed by atoms with E-state index >= 15 is 0 Å². The van der Waals surface area contributed by atoms with Crippen molar-refractivity contribution < 1.29 is 0 Å². The molecule has 13 heavy (non-hydrogen) atoms. The van der Waals surface area contributed by atoms with Crippen molar-refractivity contribution in [3.8, 4) is 0 Å². The molecule has 0 aliphatic heterocycles. The maximum Gasteiger partial charge on any atom is 0.0455 e. The van der Waals surface area contributed by atoms with Crippen LogP contribution in [0.1, 0.15) is 16.7 Å².